The number of carboxylic acid groups (broad SMARTS) is 1. The summed E-state index contributed by atoms with van der Waals surface area (Å²) in [5.74, 6) is -1.04. The molecule has 0 bridgehead atoms. The SMILES string of the molecule is CCCCCCC(O)C[N+](C)(C)CCC(C)C(=O)O. The fourth-order valence-corrected chi connectivity index (χ4v) is 2.23. The van der Waals surface area contributed by atoms with Gasteiger partial charge in [-0.3, -0.25) is 4.79 Å². The smallest absolute Gasteiger partial charge is 0.306 e. The Hall–Kier alpha value is -0.610. The summed E-state index contributed by atoms with van der Waals surface area (Å²) in [6.45, 7) is 5.42. The van der Waals surface area contributed by atoms with Gasteiger partial charge in [0.1, 0.15) is 12.6 Å². The maximum atomic E-state index is 10.8. The predicted octanol–water partition coefficient (Wildman–Crippen LogP) is 2.50. The molecule has 0 spiro atoms. The predicted molar refractivity (Wildman–Crippen MR) is 78.0 cm³/mol. The van der Waals surface area contributed by atoms with Gasteiger partial charge in [0.2, 0.25) is 0 Å². The number of carboxylic acids is 1. The Balaban J connectivity index is 3.89. The molecule has 0 aromatic heterocycles. The quantitative estimate of drug-likeness (QED) is 0.449. The molecule has 2 atom stereocenters. The molecule has 4 nitrogen and oxygen atoms in total. The number of quaternary nitrogens is 1. The van der Waals surface area contributed by atoms with Crippen LogP contribution in [0.5, 0.6) is 0 Å². The first-order valence-corrected chi connectivity index (χ1v) is 7.51. The zero-order valence-electron chi connectivity index (χ0n) is 13.1. The van der Waals surface area contributed by atoms with Crippen LogP contribution in [-0.2, 0) is 4.79 Å². The Morgan fingerprint density at radius 3 is 2.32 bits per heavy atom. The summed E-state index contributed by atoms with van der Waals surface area (Å²) < 4.78 is 0.687. The molecule has 0 saturated heterocycles. The molecule has 2 unspecified atom stereocenters. The molecule has 19 heavy (non-hydrogen) atoms. The van der Waals surface area contributed by atoms with Crippen molar-refractivity contribution in [3.8, 4) is 0 Å². The van der Waals surface area contributed by atoms with Crippen molar-refractivity contribution < 1.29 is 19.5 Å². The van der Waals surface area contributed by atoms with E-state index in [2.05, 4.69) is 21.0 Å². The van der Waals surface area contributed by atoms with Crippen LogP contribution in [0.3, 0.4) is 0 Å². The summed E-state index contributed by atoms with van der Waals surface area (Å²) in [7, 11) is 4.12. The highest BCUT2D eigenvalue weighted by Gasteiger charge is 2.22. The third-order valence-electron chi connectivity index (χ3n) is 3.68. The second-order valence-electron chi connectivity index (χ2n) is 6.37. The van der Waals surface area contributed by atoms with Gasteiger partial charge in [-0.25, -0.2) is 0 Å². The van der Waals surface area contributed by atoms with Gasteiger partial charge in [0.25, 0.3) is 0 Å². The molecule has 0 fully saturated rings. The van der Waals surface area contributed by atoms with Gasteiger partial charge in [0.15, 0.2) is 0 Å². The minimum absolute atomic E-state index is 0.271. The molecule has 114 valence electrons. The van der Waals surface area contributed by atoms with E-state index < -0.39 is 5.97 Å². The van der Waals surface area contributed by atoms with Gasteiger partial charge < -0.3 is 14.7 Å². The molecule has 4 heteroatoms. The van der Waals surface area contributed by atoms with Gasteiger partial charge in [-0.1, -0.05) is 39.5 Å². The Kier molecular flexibility index (Phi) is 9.02. The van der Waals surface area contributed by atoms with Crippen molar-refractivity contribution in [2.45, 2.75) is 58.5 Å². The fourth-order valence-electron chi connectivity index (χ4n) is 2.23. The number of hydrogen-bond acceptors (Lipinski definition) is 2. The third kappa shape index (κ3) is 9.91. The average Bonchev–Trinajstić information content (AvgIpc) is 2.31. The van der Waals surface area contributed by atoms with Crippen LogP contribution >= 0.6 is 0 Å². The van der Waals surface area contributed by atoms with E-state index in [4.69, 9.17) is 5.11 Å². The van der Waals surface area contributed by atoms with E-state index in [0.717, 1.165) is 19.4 Å². The topological polar surface area (TPSA) is 57.5 Å². The first-order valence-electron chi connectivity index (χ1n) is 7.51. The number of aliphatic carboxylic acids is 1. The summed E-state index contributed by atoms with van der Waals surface area (Å²) >= 11 is 0. The monoisotopic (exact) mass is 274 g/mol. The van der Waals surface area contributed by atoms with Crippen molar-refractivity contribution in [3.05, 3.63) is 0 Å². The number of hydrogen-bond donors (Lipinski definition) is 2. The first kappa shape index (κ1) is 18.4. The highest BCUT2D eigenvalue weighted by molar-refractivity contribution is 5.69. The van der Waals surface area contributed by atoms with Crippen molar-refractivity contribution in [1.82, 2.24) is 0 Å². The minimum atomic E-state index is -0.736. The third-order valence-corrected chi connectivity index (χ3v) is 3.68. The van der Waals surface area contributed by atoms with Crippen molar-refractivity contribution in [3.63, 3.8) is 0 Å². The standard InChI is InChI=1S/C15H31NO3/c1-5-6-7-8-9-14(17)12-16(3,4)11-10-13(2)15(18)19/h13-14,17H,5-12H2,1-4H3/p+1. The number of aliphatic hydroxyl groups excluding tert-OH is 1. The number of aliphatic hydroxyl groups is 1. The molecular weight excluding hydrogens is 242 g/mol. The summed E-state index contributed by atoms with van der Waals surface area (Å²) in [6.07, 6.45) is 5.97. The molecule has 0 aromatic rings. The van der Waals surface area contributed by atoms with Gasteiger partial charge >= 0.3 is 5.97 Å². The van der Waals surface area contributed by atoms with Crippen LogP contribution in [0, 0.1) is 5.92 Å². The maximum absolute atomic E-state index is 10.8. The van der Waals surface area contributed by atoms with E-state index in [1.807, 2.05) is 0 Å². The molecule has 2 N–H and O–H groups in total. The van der Waals surface area contributed by atoms with Gasteiger partial charge in [0.05, 0.1) is 26.6 Å². The highest BCUT2D eigenvalue weighted by Crippen LogP contribution is 2.12. The van der Waals surface area contributed by atoms with Crippen molar-refractivity contribution in [2.24, 2.45) is 5.92 Å². The van der Waals surface area contributed by atoms with E-state index in [0.29, 0.717) is 17.4 Å². The van der Waals surface area contributed by atoms with Crippen molar-refractivity contribution in [1.29, 1.82) is 0 Å². The summed E-state index contributed by atoms with van der Waals surface area (Å²) in [6, 6.07) is 0. The van der Waals surface area contributed by atoms with Crippen LogP contribution in [0.25, 0.3) is 0 Å². The van der Waals surface area contributed by atoms with E-state index in [-0.39, 0.29) is 12.0 Å². The molecule has 0 amide bonds. The van der Waals surface area contributed by atoms with Gasteiger partial charge in [0, 0.05) is 6.42 Å². The Labute approximate surface area is 118 Å². The summed E-state index contributed by atoms with van der Waals surface area (Å²) in [4.78, 5) is 10.8. The van der Waals surface area contributed by atoms with Crippen LogP contribution in [-0.4, -0.2) is 54.0 Å². The summed E-state index contributed by atoms with van der Waals surface area (Å²) in [5.41, 5.74) is 0. The second-order valence-corrected chi connectivity index (χ2v) is 6.37. The zero-order valence-corrected chi connectivity index (χ0v) is 13.1. The van der Waals surface area contributed by atoms with Crippen molar-refractivity contribution >= 4 is 5.97 Å². The number of rotatable bonds is 11. The zero-order chi connectivity index (χ0) is 14.9. The lowest BCUT2D eigenvalue weighted by Crippen LogP contribution is -2.46. The molecule has 0 saturated carbocycles. The highest BCUT2D eigenvalue weighted by atomic mass is 16.4. The molecule has 0 aliphatic carbocycles. The molecule has 0 rings (SSSR count). The molecule has 0 aromatic carbocycles. The van der Waals surface area contributed by atoms with E-state index in [9.17, 15) is 9.90 Å². The molecule has 0 heterocycles. The van der Waals surface area contributed by atoms with Crippen LogP contribution in [0.15, 0.2) is 0 Å². The lowest BCUT2D eigenvalue weighted by Gasteiger charge is -2.32. The van der Waals surface area contributed by atoms with E-state index in [1.54, 1.807) is 6.92 Å². The van der Waals surface area contributed by atoms with Crippen LogP contribution in [0.4, 0.5) is 0 Å². The average molecular weight is 274 g/mol. The number of nitrogens with zero attached hydrogens (tertiary/aromatic N) is 1. The number of likely N-dealkylation sites (N-methyl/N-ethyl adjacent to an activating group) is 1. The number of carbonyl (C=O) groups is 1. The Morgan fingerprint density at radius 2 is 1.79 bits per heavy atom. The van der Waals surface area contributed by atoms with Crippen LogP contribution in [0.1, 0.15) is 52.4 Å². The van der Waals surface area contributed by atoms with Crippen molar-refractivity contribution in [2.75, 3.05) is 27.2 Å². The first-order chi connectivity index (χ1) is 8.78. The molecule has 0 aliphatic heterocycles. The minimum Gasteiger partial charge on any atom is -0.481 e. The molecule has 0 radical (unpaired) electrons. The fraction of sp³-hybridized carbons (Fsp3) is 0.933. The molecular formula is C15H32NO3+. The van der Waals surface area contributed by atoms with Gasteiger partial charge in [-0.05, 0) is 6.42 Å². The van der Waals surface area contributed by atoms with Crippen LogP contribution < -0.4 is 0 Å². The lowest BCUT2D eigenvalue weighted by atomic mass is 10.1. The van der Waals surface area contributed by atoms with Gasteiger partial charge in [-0.15, -0.1) is 0 Å². The number of unbranched alkanes of at least 4 members (excludes halogenated alkanes) is 3. The maximum Gasteiger partial charge on any atom is 0.306 e. The Bertz CT molecular complexity index is 254. The normalized spacial score (nSPS) is 15.2. The molecule has 0 aliphatic rings. The van der Waals surface area contributed by atoms with Crippen LogP contribution in [0.2, 0.25) is 0 Å². The van der Waals surface area contributed by atoms with E-state index in [1.165, 1.54) is 19.3 Å². The summed E-state index contributed by atoms with van der Waals surface area (Å²) in [5, 5.41) is 18.9. The van der Waals surface area contributed by atoms with E-state index >= 15 is 0 Å². The Morgan fingerprint density at radius 1 is 1.16 bits per heavy atom. The lowest BCUT2D eigenvalue weighted by molar-refractivity contribution is -0.893. The second kappa shape index (κ2) is 9.32. The largest absolute Gasteiger partial charge is 0.481 e. The van der Waals surface area contributed by atoms with Gasteiger partial charge in [-0.2, -0.15) is 0 Å².